The Morgan fingerprint density at radius 3 is 2.76 bits per heavy atom. The summed E-state index contributed by atoms with van der Waals surface area (Å²) in [6.45, 7) is 5.46. The van der Waals surface area contributed by atoms with Crippen LogP contribution >= 0.6 is 23.2 Å². The monoisotopic (exact) mass is 329 g/mol. The Kier molecular flexibility index (Phi) is 6.27. The van der Waals surface area contributed by atoms with Crippen LogP contribution in [0.5, 0.6) is 0 Å². The Morgan fingerprint density at radius 1 is 1.43 bits per heavy atom. The predicted octanol–water partition coefficient (Wildman–Crippen LogP) is 3.38. The highest BCUT2D eigenvalue weighted by Crippen LogP contribution is 2.20. The number of nitrogens with zero attached hydrogens (tertiary/aromatic N) is 2. The van der Waals surface area contributed by atoms with Gasteiger partial charge in [-0.2, -0.15) is 0 Å². The molecule has 2 heterocycles. The van der Waals surface area contributed by atoms with Gasteiger partial charge in [0.25, 0.3) is 5.91 Å². The number of amides is 1. The fourth-order valence-electron chi connectivity index (χ4n) is 2.50. The van der Waals surface area contributed by atoms with Gasteiger partial charge in [0.2, 0.25) is 0 Å². The molecular formula is C15H21Cl2N3O. The molecule has 2 rings (SSSR count). The first kappa shape index (κ1) is 16.5. The van der Waals surface area contributed by atoms with Crippen molar-refractivity contribution in [3.05, 3.63) is 28.0 Å². The first-order valence-corrected chi connectivity index (χ1v) is 8.20. The van der Waals surface area contributed by atoms with E-state index in [9.17, 15) is 4.79 Å². The van der Waals surface area contributed by atoms with E-state index in [2.05, 4.69) is 22.1 Å². The van der Waals surface area contributed by atoms with E-state index in [4.69, 9.17) is 23.2 Å². The molecule has 1 aliphatic rings. The Morgan fingerprint density at radius 2 is 2.14 bits per heavy atom. The first-order chi connectivity index (χ1) is 10.1. The molecule has 0 radical (unpaired) electrons. The number of hydrogen-bond donors (Lipinski definition) is 1. The molecule has 1 aromatic rings. The van der Waals surface area contributed by atoms with E-state index < -0.39 is 0 Å². The molecule has 21 heavy (non-hydrogen) atoms. The van der Waals surface area contributed by atoms with Crippen molar-refractivity contribution < 1.29 is 4.79 Å². The number of unbranched alkanes of at least 4 members (excludes halogenated alkanes) is 1. The molecule has 1 N–H and O–H groups in total. The summed E-state index contributed by atoms with van der Waals surface area (Å²) in [4.78, 5) is 18.5. The Balaban J connectivity index is 1.82. The lowest BCUT2D eigenvalue weighted by molar-refractivity contribution is 0.0910. The molecular weight excluding hydrogens is 309 g/mol. The first-order valence-electron chi connectivity index (χ1n) is 7.44. The molecule has 4 nitrogen and oxygen atoms in total. The third kappa shape index (κ3) is 4.83. The lowest BCUT2D eigenvalue weighted by Gasteiger charge is -2.32. The van der Waals surface area contributed by atoms with E-state index in [1.165, 1.54) is 19.0 Å². The maximum absolute atomic E-state index is 12.2. The highest BCUT2D eigenvalue weighted by molar-refractivity contribution is 6.41. The van der Waals surface area contributed by atoms with E-state index >= 15 is 0 Å². The van der Waals surface area contributed by atoms with Crippen LogP contribution in [0, 0.1) is 0 Å². The second-order valence-electron chi connectivity index (χ2n) is 5.44. The van der Waals surface area contributed by atoms with Crippen LogP contribution in [0.25, 0.3) is 0 Å². The molecule has 0 aromatic carbocycles. The van der Waals surface area contributed by atoms with Gasteiger partial charge in [0.05, 0.1) is 10.6 Å². The largest absolute Gasteiger partial charge is 0.349 e. The van der Waals surface area contributed by atoms with E-state index in [0.29, 0.717) is 10.6 Å². The van der Waals surface area contributed by atoms with Crippen molar-refractivity contribution >= 4 is 29.1 Å². The van der Waals surface area contributed by atoms with Crippen LogP contribution in [0.2, 0.25) is 10.2 Å². The molecule has 1 aliphatic heterocycles. The van der Waals surface area contributed by atoms with Gasteiger partial charge in [0, 0.05) is 25.3 Å². The number of pyridine rings is 1. The summed E-state index contributed by atoms with van der Waals surface area (Å²) in [5.74, 6) is -0.131. The lowest BCUT2D eigenvalue weighted by Crippen LogP contribution is -2.44. The number of likely N-dealkylation sites (tertiary alicyclic amines) is 1. The van der Waals surface area contributed by atoms with Gasteiger partial charge < -0.3 is 10.2 Å². The fraction of sp³-hybridized carbons (Fsp3) is 0.600. The summed E-state index contributed by atoms with van der Waals surface area (Å²) in [5, 5.41) is 3.58. The van der Waals surface area contributed by atoms with Crippen LogP contribution in [-0.2, 0) is 0 Å². The van der Waals surface area contributed by atoms with Crippen molar-refractivity contribution in [3.8, 4) is 0 Å². The van der Waals surface area contributed by atoms with Crippen LogP contribution in [0.3, 0.4) is 0 Å². The fourth-order valence-corrected chi connectivity index (χ4v) is 2.77. The quantitative estimate of drug-likeness (QED) is 0.842. The van der Waals surface area contributed by atoms with E-state index in [0.717, 1.165) is 32.5 Å². The van der Waals surface area contributed by atoms with E-state index in [-0.39, 0.29) is 17.1 Å². The van der Waals surface area contributed by atoms with E-state index in [1.807, 2.05) is 0 Å². The normalized spacial score (nSPS) is 16.9. The van der Waals surface area contributed by atoms with Gasteiger partial charge in [-0.3, -0.25) is 4.79 Å². The Labute approximate surface area is 135 Å². The topological polar surface area (TPSA) is 45.2 Å². The molecule has 1 aromatic heterocycles. The Bertz CT molecular complexity index is 488. The number of halogens is 2. The van der Waals surface area contributed by atoms with Crippen LogP contribution in [0.1, 0.15) is 43.0 Å². The maximum atomic E-state index is 12.2. The summed E-state index contributed by atoms with van der Waals surface area (Å²) in [7, 11) is 0. The number of nitrogens with one attached hydrogen (secondary N) is 1. The SMILES string of the molecule is CCCCN1CCC(NC(=O)c2cnc(Cl)c(Cl)c2)CC1. The van der Waals surface area contributed by atoms with Gasteiger partial charge in [-0.05, 0) is 31.9 Å². The number of aromatic nitrogens is 1. The second-order valence-corrected chi connectivity index (χ2v) is 6.20. The van der Waals surface area contributed by atoms with Crippen molar-refractivity contribution in [1.82, 2.24) is 15.2 Å². The molecule has 116 valence electrons. The number of hydrogen-bond acceptors (Lipinski definition) is 3. The third-order valence-corrected chi connectivity index (χ3v) is 4.50. The summed E-state index contributed by atoms with van der Waals surface area (Å²) in [6, 6.07) is 1.78. The predicted molar refractivity (Wildman–Crippen MR) is 86.1 cm³/mol. The summed E-state index contributed by atoms with van der Waals surface area (Å²) >= 11 is 11.6. The van der Waals surface area contributed by atoms with Gasteiger partial charge in [-0.15, -0.1) is 0 Å². The number of piperidine rings is 1. The van der Waals surface area contributed by atoms with Crippen molar-refractivity contribution in [3.63, 3.8) is 0 Å². The van der Waals surface area contributed by atoms with Gasteiger partial charge in [-0.25, -0.2) is 4.98 Å². The average Bonchev–Trinajstić information content (AvgIpc) is 2.49. The Hall–Kier alpha value is -0.840. The molecule has 1 amide bonds. The van der Waals surface area contributed by atoms with Crippen molar-refractivity contribution in [2.45, 2.75) is 38.6 Å². The van der Waals surface area contributed by atoms with Crippen LogP contribution < -0.4 is 5.32 Å². The second kappa shape index (κ2) is 7.97. The van der Waals surface area contributed by atoms with Crippen LogP contribution in [0.15, 0.2) is 12.3 Å². The van der Waals surface area contributed by atoms with Crippen molar-refractivity contribution in [1.29, 1.82) is 0 Å². The van der Waals surface area contributed by atoms with Gasteiger partial charge in [0.1, 0.15) is 5.15 Å². The molecule has 1 fully saturated rings. The smallest absolute Gasteiger partial charge is 0.253 e. The molecule has 0 unspecified atom stereocenters. The van der Waals surface area contributed by atoms with Crippen molar-refractivity contribution in [2.75, 3.05) is 19.6 Å². The van der Waals surface area contributed by atoms with Gasteiger partial charge in [-0.1, -0.05) is 36.5 Å². The zero-order valence-electron chi connectivity index (χ0n) is 12.2. The maximum Gasteiger partial charge on any atom is 0.253 e. The number of carbonyl (C=O) groups excluding carboxylic acids is 1. The van der Waals surface area contributed by atoms with Gasteiger partial charge in [0.15, 0.2) is 0 Å². The molecule has 0 saturated carbocycles. The third-order valence-electron chi connectivity index (χ3n) is 3.81. The zero-order valence-corrected chi connectivity index (χ0v) is 13.8. The molecule has 1 saturated heterocycles. The molecule has 6 heteroatoms. The summed E-state index contributed by atoms with van der Waals surface area (Å²) in [5.41, 5.74) is 0.456. The lowest BCUT2D eigenvalue weighted by atomic mass is 10.0. The van der Waals surface area contributed by atoms with Crippen LogP contribution in [-0.4, -0.2) is 41.5 Å². The minimum absolute atomic E-state index is 0.131. The molecule has 0 bridgehead atoms. The molecule has 0 atom stereocenters. The van der Waals surface area contributed by atoms with E-state index in [1.54, 1.807) is 6.07 Å². The summed E-state index contributed by atoms with van der Waals surface area (Å²) < 4.78 is 0. The van der Waals surface area contributed by atoms with Crippen molar-refractivity contribution in [2.24, 2.45) is 0 Å². The van der Waals surface area contributed by atoms with Gasteiger partial charge >= 0.3 is 0 Å². The minimum Gasteiger partial charge on any atom is -0.349 e. The average molecular weight is 330 g/mol. The highest BCUT2D eigenvalue weighted by Gasteiger charge is 2.21. The number of rotatable bonds is 5. The zero-order chi connectivity index (χ0) is 15.2. The highest BCUT2D eigenvalue weighted by atomic mass is 35.5. The molecule has 0 spiro atoms. The number of carbonyl (C=O) groups is 1. The minimum atomic E-state index is -0.131. The van der Waals surface area contributed by atoms with Crippen LogP contribution in [0.4, 0.5) is 0 Å². The standard InChI is InChI=1S/C15H21Cl2N3O/c1-2-3-6-20-7-4-12(5-8-20)19-15(21)11-9-13(16)14(17)18-10-11/h9-10,12H,2-8H2,1H3,(H,19,21). The molecule has 0 aliphatic carbocycles. The summed E-state index contributed by atoms with van der Waals surface area (Å²) in [6.07, 6.45) is 5.90.